The van der Waals surface area contributed by atoms with E-state index < -0.39 is 6.10 Å². The van der Waals surface area contributed by atoms with E-state index >= 15 is 0 Å². The number of hydrogen-bond acceptors (Lipinski definition) is 4. The Hall–Kier alpha value is -2.63. The number of pyridine rings is 1. The van der Waals surface area contributed by atoms with Gasteiger partial charge in [-0.1, -0.05) is 19.9 Å². The predicted molar refractivity (Wildman–Crippen MR) is 124 cm³/mol. The number of aliphatic hydroxyl groups is 1. The first-order valence-corrected chi connectivity index (χ1v) is 11.2. The molecule has 4 rings (SSSR count). The first-order valence-electron chi connectivity index (χ1n) is 10.3. The van der Waals surface area contributed by atoms with Gasteiger partial charge in [0.1, 0.15) is 5.75 Å². The van der Waals surface area contributed by atoms with Gasteiger partial charge >= 0.3 is 0 Å². The highest BCUT2D eigenvalue weighted by Crippen LogP contribution is 2.38. The number of thiophene rings is 1. The third-order valence-corrected chi connectivity index (χ3v) is 6.44. The Morgan fingerprint density at radius 3 is 2.77 bits per heavy atom. The number of H-pyrrole nitrogens is 1. The second kappa shape index (κ2) is 8.62. The average molecular weight is 421 g/mol. The van der Waals surface area contributed by atoms with E-state index in [-0.39, 0.29) is 5.41 Å². The third kappa shape index (κ3) is 4.42. The molecule has 0 saturated carbocycles. The zero-order valence-electron chi connectivity index (χ0n) is 17.7. The molecule has 0 aliphatic rings. The number of aromatic amines is 1. The van der Waals surface area contributed by atoms with Crippen LogP contribution in [-0.4, -0.2) is 28.3 Å². The van der Waals surface area contributed by atoms with Gasteiger partial charge in [-0.15, -0.1) is 0 Å². The molecule has 0 aliphatic heterocycles. The molecule has 2 N–H and O–H groups in total. The van der Waals surface area contributed by atoms with Crippen LogP contribution < -0.4 is 4.74 Å². The fourth-order valence-corrected chi connectivity index (χ4v) is 4.80. The third-order valence-electron chi connectivity index (χ3n) is 5.76. The van der Waals surface area contributed by atoms with Gasteiger partial charge in [-0.2, -0.15) is 11.3 Å². The van der Waals surface area contributed by atoms with Crippen molar-refractivity contribution >= 4 is 22.2 Å². The first kappa shape index (κ1) is 20.6. The fourth-order valence-electron chi connectivity index (χ4n) is 4.14. The van der Waals surface area contributed by atoms with E-state index in [0.29, 0.717) is 12.8 Å². The molecule has 0 spiro atoms. The van der Waals surface area contributed by atoms with Gasteiger partial charge < -0.3 is 14.8 Å². The van der Waals surface area contributed by atoms with Crippen molar-refractivity contribution in [3.05, 3.63) is 70.8 Å². The summed E-state index contributed by atoms with van der Waals surface area (Å²) < 4.78 is 5.66. The maximum Gasteiger partial charge on any atom is 0.122 e. The molecule has 0 aliphatic carbocycles. The van der Waals surface area contributed by atoms with E-state index in [2.05, 4.69) is 58.8 Å². The zero-order chi connectivity index (χ0) is 21.1. The summed E-state index contributed by atoms with van der Waals surface area (Å²) in [6.07, 6.45) is 5.41. The van der Waals surface area contributed by atoms with Gasteiger partial charge in [0.15, 0.2) is 0 Å². The molecule has 156 valence electrons. The van der Waals surface area contributed by atoms with Gasteiger partial charge in [-0.05, 0) is 76.9 Å². The molecule has 5 heteroatoms. The van der Waals surface area contributed by atoms with Gasteiger partial charge in [-0.3, -0.25) is 4.98 Å². The van der Waals surface area contributed by atoms with Crippen LogP contribution in [0.15, 0.2) is 59.6 Å². The number of benzene rings is 1. The summed E-state index contributed by atoms with van der Waals surface area (Å²) >= 11 is 1.70. The average Bonchev–Trinajstić information content (AvgIpc) is 3.41. The molecular weight excluding hydrogens is 392 g/mol. The van der Waals surface area contributed by atoms with Crippen LogP contribution in [0.1, 0.15) is 37.9 Å². The van der Waals surface area contributed by atoms with Crippen LogP contribution in [0, 0.1) is 0 Å². The molecule has 0 radical (unpaired) electrons. The van der Waals surface area contributed by atoms with Crippen molar-refractivity contribution in [2.45, 2.75) is 44.6 Å². The lowest BCUT2D eigenvalue weighted by atomic mass is 9.77. The van der Waals surface area contributed by atoms with Crippen LogP contribution in [0.2, 0.25) is 0 Å². The summed E-state index contributed by atoms with van der Waals surface area (Å²) in [7, 11) is 1.71. The van der Waals surface area contributed by atoms with Crippen molar-refractivity contribution in [2.75, 3.05) is 7.11 Å². The van der Waals surface area contributed by atoms with Gasteiger partial charge in [0, 0.05) is 22.8 Å². The summed E-state index contributed by atoms with van der Waals surface area (Å²) in [6, 6.07) is 12.6. The van der Waals surface area contributed by atoms with Crippen LogP contribution in [0.3, 0.4) is 0 Å². The van der Waals surface area contributed by atoms with Crippen molar-refractivity contribution in [3.8, 4) is 16.9 Å². The van der Waals surface area contributed by atoms with Crippen molar-refractivity contribution in [2.24, 2.45) is 0 Å². The summed E-state index contributed by atoms with van der Waals surface area (Å²) in [6.45, 7) is 4.36. The SMILES string of the molecule is COc1ccc(-c2ccsc2)cc1C(C)(C)CC(O)CCc1cc2ccncc2[nH]1. The molecule has 30 heavy (non-hydrogen) atoms. The second-order valence-electron chi connectivity index (χ2n) is 8.47. The number of aliphatic hydroxyl groups excluding tert-OH is 1. The van der Waals surface area contributed by atoms with E-state index in [1.807, 2.05) is 18.3 Å². The van der Waals surface area contributed by atoms with Gasteiger partial charge in [0.2, 0.25) is 0 Å². The molecule has 1 atom stereocenters. The lowest BCUT2D eigenvalue weighted by Gasteiger charge is -2.30. The smallest absolute Gasteiger partial charge is 0.122 e. The fraction of sp³-hybridized carbons (Fsp3) is 0.320. The number of nitrogens with zero attached hydrogens (tertiary/aromatic N) is 1. The van der Waals surface area contributed by atoms with E-state index in [9.17, 15) is 5.11 Å². The molecular formula is C25H28N2O2S. The number of rotatable bonds is 8. The second-order valence-corrected chi connectivity index (χ2v) is 9.25. The van der Waals surface area contributed by atoms with E-state index in [4.69, 9.17) is 4.74 Å². The Morgan fingerprint density at radius 1 is 1.17 bits per heavy atom. The minimum atomic E-state index is -0.404. The van der Waals surface area contributed by atoms with E-state index in [1.165, 1.54) is 11.1 Å². The zero-order valence-corrected chi connectivity index (χ0v) is 18.5. The maximum atomic E-state index is 10.8. The number of ether oxygens (including phenoxy) is 1. The van der Waals surface area contributed by atoms with E-state index in [0.717, 1.165) is 34.3 Å². The minimum absolute atomic E-state index is 0.221. The number of hydrogen-bond donors (Lipinski definition) is 2. The van der Waals surface area contributed by atoms with Crippen LogP contribution in [0.4, 0.5) is 0 Å². The largest absolute Gasteiger partial charge is 0.496 e. The molecule has 3 heterocycles. The van der Waals surface area contributed by atoms with Gasteiger partial charge in [0.25, 0.3) is 0 Å². The standard InChI is InChI=1S/C25H28N2O2S/c1-25(2,22-13-17(4-7-24(22)29-3)19-9-11-30-16-19)14-21(28)6-5-20-12-18-8-10-26-15-23(18)27-20/h4,7-13,15-16,21,27-28H,5-6,14H2,1-3H3. The topological polar surface area (TPSA) is 58.1 Å². The Labute approximate surface area is 181 Å². The van der Waals surface area contributed by atoms with Crippen molar-refractivity contribution in [3.63, 3.8) is 0 Å². The summed E-state index contributed by atoms with van der Waals surface area (Å²) in [5.74, 6) is 0.870. The summed E-state index contributed by atoms with van der Waals surface area (Å²) in [4.78, 5) is 7.55. The Balaban J connectivity index is 1.48. The predicted octanol–water partition coefficient (Wildman–Crippen LogP) is 5.96. The normalized spacial score (nSPS) is 12.9. The first-order chi connectivity index (χ1) is 14.5. The van der Waals surface area contributed by atoms with Crippen LogP contribution in [0.5, 0.6) is 5.75 Å². The van der Waals surface area contributed by atoms with E-state index in [1.54, 1.807) is 24.6 Å². The molecule has 1 unspecified atom stereocenters. The monoisotopic (exact) mass is 420 g/mol. The van der Waals surface area contributed by atoms with Crippen LogP contribution in [0.25, 0.3) is 22.0 Å². The Morgan fingerprint density at radius 2 is 2.03 bits per heavy atom. The molecule has 1 aromatic carbocycles. The molecule has 0 fully saturated rings. The van der Waals surface area contributed by atoms with Crippen LogP contribution in [-0.2, 0) is 11.8 Å². The number of fused-ring (bicyclic) bond motifs is 1. The number of aromatic nitrogens is 2. The number of nitrogens with one attached hydrogen (secondary N) is 1. The lowest BCUT2D eigenvalue weighted by molar-refractivity contribution is 0.129. The molecule has 4 aromatic rings. The highest BCUT2D eigenvalue weighted by Gasteiger charge is 2.28. The summed E-state index contributed by atoms with van der Waals surface area (Å²) in [5.41, 5.74) is 5.48. The molecule has 4 nitrogen and oxygen atoms in total. The minimum Gasteiger partial charge on any atom is -0.496 e. The molecule has 0 amide bonds. The maximum absolute atomic E-state index is 10.8. The number of methoxy groups -OCH3 is 1. The van der Waals surface area contributed by atoms with Crippen LogP contribution >= 0.6 is 11.3 Å². The van der Waals surface area contributed by atoms with Crippen molar-refractivity contribution in [1.82, 2.24) is 9.97 Å². The van der Waals surface area contributed by atoms with Gasteiger partial charge in [-0.25, -0.2) is 0 Å². The molecule has 3 aromatic heterocycles. The Bertz CT molecular complexity index is 1080. The lowest BCUT2D eigenvalue weighted by Crippen LogP contribution is -2.25. The highest BCUT2D eigenvalue weighted by atomic mass is 32.1. The molecule has 0 saturated heterocycles. The highest BCUT2D eigenvalue weighted by molar-refractivity contribution is 7.08. The Kier molecular flexibility index (Phi) is 5.93. The molecule has 0 bridgehead atoms. The summed E-state index contributed by atoms with van der Waals surface area (Å²) in [5, 5.41) is 16.2. The van der Waals surface area contributed by atoms with Gasteiger partial charge in [0.05, 0.1) is 24.9 Å². The van der Waals surface area contributed by atoms with Crippen molar-refractivity contribution < 1.29 is 9.84 Å². The van der Waals surface area contributed by atoms with Crippen molar-refractivity contribution in [1.29, 1.82) is 0 Å². The quantitative estimate of drug-likeness (QED) is 0.370. The number of aryl methyl sites for hydroxylation is 1.